The molecule has 1 heterocycles. The molecule has 1 unspecified atom stereocenters. The summed E-state index contributed by atoms with van der Waals surface area (Å²) in [6.45, 7) is 0. The average molecular weight is 309 g/mol. The van der Waals surface area contributed by atoms with Crippen molar-refractivity contribution >= 4 is 18.2 Å². The minimum atomic E-state index is -1.08. The van der Waals surface area contributed by atoms with E-state index in [4.69, 9.17) is 0 Å². The van der Waals surface area contributed by atoms with Crippen LogP contribution < -0.4 is 0 Å². The van der Waals surface area contributed by atoms with Gasteiger partial charge in [-0.05, 0) is 17.7 Å². The third-order valence-corrected chi connectivity index (χ3v) is 3.35. The second kappa shape index (κ2) is 6.46. The molecule has 1 aliphatic heterocycles. The van der Waals surface area contributed by atoms with Gasteiger partial charge in [-0.3, -0.25) is 9.79 Å². The van der Waals surface area contributed by atoms with Crippen LogP contribution >= 0.6 is 0 Å². The van der Waals surface area contributed by atoms with E-state index in [1.54, 1.807) is 0 Å². The molecule has 116 valence electrons. The molecule has 1 aliphatic rings. The van der Waals surface area contributed by atoms with Crippen molar-refractivity contribution in [3.63, 3.8) is 0 Å². The summed E-state index contributed by atoms with van der Waals surface area (Å²) in [6, 6.07) is 3.17. The molecular weight excluding hydrogens is 296 g/mol. The largest absolute Gasteiger partial charge is 0.468 e. The molecule has 1 aromatic carbocycles. The third kappa shape index (κ3) is 2.88. The van der Waals surface area contributed by atoms with Crippen LogP contribution in [-0.4, -0.2) is 32.4 Å². The predicted octanol–water partition coefficient (Wildman–Crippen LogP) is 1.98. The van der Waals surface area contributed by atoms with E-state index in [-0.39, 0.29) is 11.1 Å². The molecule has 0 amide bonds. The van der Waals surface area contributed by atoms with Crippen LogP contribution in [0.3, 0.4) is 0 Å². The van der Waals surface area contributed by atoms with Crippen LogP contribution in [0.5, 0.6) is 0 Å². The van der Waals surface area contributed by atoms with Crippen molar-refractivity contribution in [3.8, 4) is 0 Å². The zero-order chi connectivity index (χ0) is 16.3. The Morgan fingerprint density at radius 3 is 2.45 bits per heavy atom. The first kappa shape index (κ1) is 15.8. The molecular formula is C15H13F2NO4. The van der Waals surface area contributed by atoms with Gasteiger partial charge in [0, 0.05) is 18.3 Å². The highest BCUT2D eigenvalue weighted by atomic mass is 19.2. The summed E-state index contributed by atoms with van der Waals surface area (Å²) in [6.07, 6.45) is 2.53. The lowest BCUT2D eigenvalue weighted by atomic mass is 9.80. The topological polar surface area (TPSA) is 65.0 Å². The number of ether oxygens (including phenoxy) is 2. The zero-order valence-corrected chi connectivity index (χ0v) is 11.9. The van der Waals surface area contributed by atoms with Crippen molar-refractivity contribution in [1.82, 2.24) is 0 Å². The molecule has 5 nitrogen and oxygen atoms in total. The van der Waals surface area contributed by atoms with E-state index >= 15 is 0 Å². The number of aliphatic imine (C=N–C) groups is 1. The number of esters is 2. The summed E-state index contributed by atoms with van der Waals surface area (Å²) in [4.78, 5) is 27.6. The van der Waals surface area contributed by atoms with E-state index in [0.717, 1.165) is 12.1 Å². The zero-order valence-electron chi connectivity index (χ0n) is 11.9. The summed E-state index contributed by atoms with van der Waals surface area (Å²) in [7, 11) is 2.37. The molecule has 0 aromatic heterocycles. The molecule has 22 heavy (non-hydrogen) atoms. The maximum atomic E-state index is 13.5. The predicted molar refractivity (Wildman–Crippen MR) is 73.2 cm³/mol. The van der Waals surface area contributed by atoms with Gasteiger partial charge in [0.2, 0.25) is 0 Å². The van der Waals surface area contributed by atoms with E-state index in [0.29, 0.717) is 0 Å². The van der Waals surface area contributed by atoms with E-state index < -0.39 is 35.4 Å². The fourth-order valence-electron chi connectivity index (χ4n) is 2.30. The number of halogens is 2. The molecule has 0 saturated carbocycles. The van der Waals surface area contributed by atoms with Gasteiger partial charge in [0.05, 0.1) is 19.8 Å². The number of methoxy groups -OCH3 is 2. The number of hydrogen-bond donors (Lipinski definition) is 0. The number of carbonyl (C=O) groups excluding carboxylic acids is 2. The van der Waals surface area contributed by atoms with Crippen molar-refractivity contribution < 1.29 is 27.8 Å². The Balaban J connectivity index is 2.53. The first-order valence-electron chi connectivity index (χ1n) is 6.34. The molecule has 2 rings (SSSR count). The smallest absolute Gasteiger partial charge is 0.335 e. The normalized spacial score (nSPS) is 20.3. The summed E-state index contributed by atoms with van der Waals surface area (Å²) >= 11 is 0. The number of rotatable bonds is 3. The summed E-state index contributed by atoms with van der Waals surface area (Å²) in [5, 5.41) is 0. The van der Waals surface area contributed by atoms with Crippen LogP contribution in [0.1, 0.15) is 11.5 Å². The number of nitrogens with zero attached hydrogens (tertiary/aromatic N) is 1. The minimum Gasteiger partial charge on any atom is -0.468 e. The summed E-state index contributed by atoms with van der Waals surface area (Å²) in [5.41, 5.74) is 0.309. The standard InChI is InChI=1S/C15H13F2NO4/c1-21-14(19)9-6-18-7-10(15(20)22-2)13(9)8-3-4-11(16)12(17)5-8/h3-7,9,13H,1-2H3/t9?,13-/m0/s1. The maximum Gasteiger partial charge on any atom is 0.335 e. The molecule has 0 fully saturated rings. The third-order valence-electron chi connectivity index (χ3n) is 3.35. The van der Waals surface area contributed by atoms with Crippen LogP contribution in [0, 0.1) is 17.6 Å². The quantitative estimate of drug-likeness (QED) is 0.801. The Bertz CT molecular complexity index is 670. The van der Waals surface area contributed by atoms with E-state index in [1.165, 1.54) is 32.7 Å². The Kier molecular flexibility index (Phi) is 4.65. The fourth-order valence-corrected chi connectivity index (χ4v) is 2.30. The first-order valence-corrected chi connectivity index (χ1v) is 6.34. The molecule has 0 bridgehead atoms. The molecule has 0 aliphatic carbocycles. The fraction of sp³-hybridized carbons (Fsp3) is 0.267. The number of carbonyl (C=O) groups is 2. The van der Waals surface area contributed by atoms with Crippen LogP contribution in [0.2, 0.25) is 0 Å². The van der Waals surface area contributed by atoms with Crippen molar-refractivity contribution in [2.24, 2.45) is 10.9 Å². The van der Waals surface area contributed by atoms with Crippen LogP contribution in [0.25, 0.3) is 0 Å². The van der Waals surface area contributed by atoms with Gasteiger partial charge in [0.25, 0.3) is 0 Å². The molecule has 2 atom stereocenters. The molecule has 0 spiro atoms. The number of benzene rings is 1. The van der Waals surface area contributed by atoms with Crippen molar-refractivity contribution in [2.75, 3.05) is 14.2 Å². The van der Waals surface area contributed by atoms with Gasteiger partial charge in [-0.1, -0.05) is 6.07 Å². The molecule has 7 heteroatoms. The van der Waals surface area contributed by atoms with E-state index in [1.807, 2.05) is 0 Å². The number of hydrogen-bond acceptors (Lipinski definition) is 5. The summed E-state index contributed by atoms with van der Waals surface area (Å²) < 4.78 is 35.9. The van der Waals surface area contributed by atoms with Crippen LogP contribution in [0.15, 0.2) is 35.0 Å². The minimum absolute atomic E-state index is 0.0615. The Morgan fingerprint density at radius 2 is 1.86 bits per heavy atom. The van der Waals surface area contributed by atoms with Crippen LogP contribution in [0.4, 0.5) is 8.78 Å². The first-order chi connectivity index (χ1) is 10.5. The summed E-state index contributed by atoms with van der Waals surface area (Å²) in [5.74, 6) is -5.26. The Hall–Kier alpha value is -2.57. The molecule has 0 N–H and O–H groups in total. The van der Waals surface area contributed by atoms with Crippen molar-refractivity contribution in [1.29, 1.82) is 0 Å². The van der Waals surface area contributed by atoms with Crippen molar-refractivity contribution in [3.05, 3.63) is 47.2 Å². The van der Waals surface area contributed by atoms with Gasteiger partial charge in [0.1, 0.15) is 5.92 Å². The maximum absolute atomic E-state index is 13.5. The molecule has 0 saturated heterocycles. The van der Waals surface area contributed by atoms with Gasteiger partial charge >= 0.3 is 11.9 Å². The second-order valence-corrected chi connectivity index (χ2v) is 4.57. The molecule has 1 aromatic rings. The average Bonchev–Trinajstić information content (AvgIpc) is 2.55. The van der Waals surface area contributed by atoms with Gasteiger partial charge in [-0.15, -0.1) is 0 Å². The molecule has 0 radical (unpaired) electrons. The lowest BCUT2D eigenvalue weighted by Gasteiger charge is -2.26. The van der Waals surface area contributed by atoms with Gasteiger partial charge < -0.3 is 9.47 Å². The highest BCUT2D eigenvalue weighted by molar-refractivity contribution is 5.99. The van der Waals surface area contributed by atoms with E-state index in [9.17, 15) is 18.4 Å². The lowest BCUT2D eigenvalue weighted by Crippen LogP contribution is -2.31. The van der Waals surface area contributed by atoms with Gasteiger partial charge in [-0.2, -0.15) is 0 Å². The monoisotopic (exact) mass is 309 g/mol. The Morgan fingerprint density at radius 1 is 1.14 bits per heavy atom. The second-order valence-electron chi connectivity index (χ2n) is 4.57. The van der Waals surface area contributed by atoms with Crippen LogP contribution in [-0.2, 0) is 19.1 Å². The SMILES string of the molecule is COC(=O)C1=CN=CC(C(=O)OC)[C@@H]1c1ccc(F)c(F)c1. The highest BCUT2D eigenvalue weighted by Crippen LogP contribution is 2.35. The van der Waals surface area contributed by atoms with Gasteiger partial charge in [0.15, 0.2) is 11.6 Å². The van der Waals surface area contributed by atoms with Gasteiger partial charge in [-0.25, -0.2) is 13.6 Å². The Labute approximate surface area is 125 Å². The highest BCUT2D eigenvalue weighted by Gasteiger charge is 2.37. The van der Waals surface area contributed by atoms with E-state index in [2.05, 4.69) is 14.5 Å². The van der Waals surface area contributed by atoms with Crippen molar-refractivity contribution in [2.45, 2.75) is 5.92 Å². The lowest BCUT2D eigenvalue weighted by molar-refractivity contribution is -0.143.